The molecule has 3 rings (SSSR count). The standard InChI is InChI=1S/C19H30N6O14P2/c1-19(2,6-37-40(31,32)33)14(29)17(30)21-4-3-10(26)39-41(34,35)36-5-9-12(27)13(28)18(38-9)25-8-24-11-15(20)22-7-23-16(11)25/h7-9,12-14,18,27-29H,3-6H2,1-2H3,(H,21,30)(H,34,35)(H2,20,22,23)(H2,31,32,33)/t9-,12-,13-,14?,18-/m1/s1. The quantitative estimate of drug-likeness (QED) is 0.108. The highest BCUT2D eigenvalue weighted by Crippen LogP contribution is 2.45. The maximum absolute atomic E-state index is 12.2. The Labute approximate surface area is 231 Å². The van der Waals surface area contributed by atoms with Crippen LogP contribution >= 0.6 is 15.6 Å². The SMILES string of the molecule is CC(C)(COP(=O)(O)O)C(O)C(=O)NCCC(=O)OP(=O)(O)OC[C@H]1O[C@@H](n2cnc3c(N)ncnc32)[C@H](O)[C@@H]1O. The summed E-state index contributed by atoms with van der Waals surface area (Å²) in [5.74, 6) is -2.22. The maximum atomic E-state index is 12.2. The van der Waals surface area contributed by atoms with Gasteiger partial charge in [-0.2, -0.15) is 0 Å². The number of rotatable bonds is 13. The van der Waals surface area contributed by atoms with Gasteiger partial charge >= 0.3 is 21.6 Å². The smallest absolute Gasteiger partial charge is 0.387 e. The topological polar surface area (TPSA) is 308 Å². The van der Waals surface area contributed by atoms with Crippen LogP contribution in [0.1, 0.15) is 26.5 Å². The number of amides is 1. The van der Waals surface area contributed by atoms with Crippen LogP contribution in [0.2, 0.25) is 0 Å². The molecule has 0 radical (unpaired) electrons. The van der Waals surface area contributed by atoms with Gasteiger partial charge in [-0.05, 0) is 0 Å². The van der Waals surface area contributed by atoms with Crippen LogP contribution in [-0.2, 0) is 37.0 Å². The van der Waals surface area contributed by atoms with E-state index in [1.165, 1.54) is 24.7 Å². The lowest BCUT2D eigenvalue weighted by Crippen LogP contribution is -2.46. The molecule has 2 aromatic rings. The van der Waals surface area contributed by atoms with Gasteiger partial charge < -0.3 is 45.4 Å². The molecule has 0 spiro atoms. The highest BCUT2D eigenvalue weighted by Gasteiger charge is 2.45. The number of aliphatic hydroxyl groups is 3. The Morgan fingerprint density at radius 1 is 1.17 bits per heavy atom. The van der Waals surface area contributed by atoms with Crippen molar-refractivity contribution in [1.29, 1.82) is 0 Å². The minimum Gasteiger partial charge on any atom is -0.387 e. The predicted octanol–water partition coefficient (Wildman–Crippen LogP) is -2.31. The van der Waals surface area contributed by atoms with Gasteiger partial charge in [0.15, 0.2) is 17.7 Å². The van der Waals surface area contributed by atoms with Crippen molar-refractivity contribution in [2.75, 3.05) is 25.5 Å². The number of fused-ring (bicyclic) bond motifs is 1. The molecule has 0 bridgehead atoms. The lowest BCUT2D eigenvalue weighted by molar-refractivity contribution is -0.138. The average Bonchev–Trinajstić information content (AvgIpc) is 3.42. The molecule has 22 heteroatoms. The van der Waals surface area contributed by atoms with Crippen LogP contribution in [0, 0.1) is 5.41 Å². The van der Waals surface area contributed by atoms with Crippen molar-refractivity contribution in [1.82, 2.24) is 24.8 Å². The normalized spacial score (nSPS) is 23.7. The molecule has 2 unspecified atom stereocenters. The summed E-state index contributed by atoms with van der Waals surface area (Å²) in [4.78, 5) is 63.4. The fourth-order valence-corrected chi connectivity index (χ4v) is 4.83. The van der Waals surface area contributed by atoms with Gasteiger partial charge in [-0.1, -0.05) is 13.8 Å². The minimum absolute atomic E-state index is 0.0667. The summed E-state index contributed by atoms with van der Waals surface area (Å²) in [6.45, 7) is 0.699. The minimum atomic E-state index is -5.04. The molecule has 9 N–H and O–H groups in total. The van der Waals surface area contributed by atoms with Gasteiger partial charge in [-0.15, -0.1) is 0 Å². The van der Waals surface area contributed by atoms with Crippen LogP contribution in [0.25, 0.3) is 11.2 Å². The van der Waals surface area contributed by atoms with Gasteiger partial charge in [0.2, 0.25) is 5.91 Å². The Hall–Kier alpha value is -2.61. The first-order chi connectivity index (χ1) is 18.9. The number of nitrogens with zero attached hydrogens (tertiary/aromatic N) is 4. The summed E-state index contributed by atoms with van der Waals surface area (Å²) in [5, 5.41) is 33.1. The van der Waals surface area contributed by atoms with Crippen LogP contribution in [0.3, 0.4) is 0 Å². The van der Waals surface area contributed by atoms with E-state index >= 15 is 0 Å². The van der Waals surface area contributed by atoms with Gasteiger partial charge in [0.05, 0.1) is 26.0 Å². The van der Waals surface area contributed by atoms with Crippen molar-refractivity contribution < 1.29 is 67.0 Å². The first-order valence-electron chi connectivity index (χ1n) is 11.7. The van der Waals surface area contributed by atoms with Crippen LogP contribution in [0.4, 0.5) is 5.82 Å². The number of carbonyl (C=O) groups is 2. The van der Waals surface area contributed by atoms with Gasteiger partial charge in [-0.3, -0.25) is 28.1 Å². The highest BCUT2D eigenvalue weighted by molar-refractivity contribution is 7.48. The molecule has 1 aliphatic heterocycles. The van der Waals surface area contributed by atoms with Crippen molar-refractivity contribution in [3.05, 3.63) is 12.7 Å². The number of hydrogen-bond acceptors (Lipinski definition) is 15. The van der Waals surface area contributed by atoms with E-state index in [0.29, 0.717) is 0 Å². The second-order valence-electron chi connectivity index (χ2n) is 9.55. The zero-order chi connectivity index (χ0) is 30.8. The van der Waals surface area contributed by atoms with Crippen LogP contribution < -0.4 is 11.1 Å². The van der Waals surface area contributed by atoms with Crippen molar-refractivity contribution in [2.24, 2.45) is 5.41 Å². The molecule has 1 amide bonds. The average molecular weight is 628 g/mol. The van der Waals surface area contributed by atoms with E-state index in [0.717, 1.165) is 6.33 Å². The zero-order valence-corrected chi connectivity index (χ0v) is 23.4. The first kappa shape index (κ1) is 32.9. The van der Waals surface area contributed by atoms with E-state index in [4.69, 9.17) is 24.8 Å². The number of hydrogen-bond donors (Lipinski definition) is 8. The third-order valence-corrected chi connectivity index (χ3v) is 7.21. The molecule has 6 atom stereocenters. The summed E-state index contributed by atoms with van der Waals surface area (Å²) < 4.78 is 43.3. The van der Waals surface area contributed by atoms with Gasteiger partial charge in [0.25, 0.3) is 0 Å². The number of carbonyl (C=O) groups excluding carboxylic acids is 2. The fourth-order valence-electron chi connectivity index (χ4n) is 3.59. The number of phosphoric acid groups is 2. The third kappa shape index (κ3) is 8.46. The maximum Gasteiger partial charge on any atom is 0.529 e. The van der Waals surface area contributed by atoms with Gasteiger partial charge in [0.1, 0.15) is 36.3 Å². The first-order valence-corrected chi connectivity index (χ1v) is 14.7. The van der Waals surface area contributed by atoms with Gasteiger partial charge in [-0.25, -0.2) is 24.1 Å². The molecule has 41 heavy (non-hydrogen) atoms. The zero-order valence-electron chi connectivity index (χ0n) is 21.6. The summed E-state index contributed by atoms with van der Waals surface area (Å²) in [6.07, 6.45) is -5.73. The van der Waals surface area contributed by atoms with E-state index in [-0.39, 0.29) is 17.0 Å². The summed E-state index contributed by atoms with van der Waals surface area (Å²) in [5.41, 5.74) is 4.71. The van der Waals surface area contributed by atoms with Crippen molar-refractivity contribution in [3.8, 4) is 0 Å². The number of aromatic nitrogens is 4. The molecule has 3 heterocycles. The second kappa shape index (κ2) is 12.7. The van der Waals surface area contributed by atoms with Crippen LogP contribution in [-0.4, -0.2) is 106 Å². The van der Waals surface area contributed by atoms with Crippen molar-refractivity contribution >= 4 is 44.5 Å². The van der Waals surface area contributed by atoms with Gasteiger partial charge in [0, 0.05) is 12.0 Å². The number of nitrogen functional groups attached to an aromatic ring is 1. The summed E-state index contributed by atoms with van der Waals surface area (Å²) in [6, 6.07) is 0. The van der Waals surface area contributed by atoms with E-state index in [9.17, 15) is 38.9 Å². The van der Waals surface area contributed by atoms with Crippen molar-refractivity contribution in [3.63, 3.8) is 0 Å². The largest absolute Gasteiger partial charge is 0.529 e. The number of nitrogens with two attached hydrogens (primary N) is 1. The molecule has 1 saturated heterocycles. The monoisotopic (exact) mass is 628 g/mol. The summed E-state index contributed by atoms with van der Waals surface area (Å²) in [7, 11) is -9.88. The van der Waals surface area contributed by atoms with Crippen molar-refractivity contribution in [2.45, 2.75) is 50.9 Å². The Balaban J connectivity index is 1.47. The fraction of sp³-hybridized carbons (Fsp3) is 0.632. The molecule has 230 valence electrons. The molecule has 0 aliphatic carbocycles. The van der Waals surface area contributed by atoms with Crippen LogP contribution in [0.5, 0.6) is 0 Å². The third-order valence-electron chi connectivity index (χ3n) is 5.84. The van der Waals surface area contributed by atoms with E-state index in [2.05, 4.69) is 29.3 Å². The van der Waals surface area contributed by atoms with E-state index < -0.39 is 89.8 Å². The number of ether oxygens (including phenoxy) is 1. The molecular weight excluding hydrogens is 598 g/mol. The summed E-state index contributed by atoms with van der Waals surface area (Å²) >= 11 is 0. The molecule has 20 nitrogen and oxygen atoms in total. The molecule has 1 fully saturated rings. The second-order valence-corrected chi connectivity index (χ2v) is 12.2. The highest BCUT2D eigenvalue weighted by atomic mass is 31.2. The number of phosphoric ester groups is 2. The Bertz CT molecular complexity index is 1350. The number of aliphatic hydroxyl groups excluding tert-OH is 3. The lowest BCUT2D eigenvalue weighted by atomic mass is 9.87. The Morgan fingerprint density at radius 3 is 2.51 bits per heavy atom. The number of anilines is 1. The Kier molecular flexibility index (Phi) is 10.2. The molecule has 1 aliphatic rings. The van der Waals surface area contributed by atoms with Crippen LogP contribution in [0.15, 0.2) is 12.7 Å². The van der Waals surface area contributed by atoms with E-state index in [1.807, 2.05) is 0 Å². The molecule has 0 saturated carbocycles. The molecular formula is C19H30N6O14P2. The number of imidazole rings is 1. The van der Waals surface area contributed by atoms with E-state index in [1.54, 1.807) is 0 Å². The molecule has 2 aromatic heterocycles. The Morgan fingerprint density at radius 2 is 1.85 bits per heavy atom. The molecule has 0 aromatic carbocycles. The number of nitrogens with one attached hydrogen (secondary N) is 1. The predicted molar refractivity (Wildman–Crippen MR) is 133 cm³/mol. The lowest BCUT2D eigenvalue weighted by Gasteiger charge is -2.29.